The van der Waals surface area contributed by atoms with Crippen LogP contribution in [0.1, 0.15) is 49.1 Å². The lowest BCUT2D eigenvalue weighted by Gasteiger charge is -2.42. The molecule has 1 heterocycles. The number of likely N-dealkylation sites (tertiary alicyclic amines) is 1. The molecule has 5 rings (SSSR count). The zero-order valence-electron chi connectivity index (χ0n) is 19.5. The first kappa shape index (κ1) is 23.4. The average Bonchev–Trinajstić information content (AvgIpc) is 3.38. The Balaban J connectivity index is 1.17. The summed E-state index contributed by atoms with van der Waals surface area (Å²) in [6.45, 7) is 0.549. The van der Waals surface area contributed by atoms with E-state index in [2.05, 4.69) is 29.6 Å². The summed E-state index contributed by atoms with van der Waals surface area (Å²) in [6.07, 6.45) is 1.35. The number of nitrogens with zero attached hydrogens (tertiary/aromatic N) is 1. The van der Waals surface area contributed by atoms with Crippen LogP contribution in [0.15, 0.2) is 48.5 Å². The first-order chi connectivity index (χ1) is 16.9. The number of benzene rings is 2. The van der Waals surface area contributed by atoms with E-state index in [1.54, 1.807) is 0 Å². The number of carboxylic acids is 1. The fourth-order valence-electron chi connectivity index (χ4n) is 5.75. The summed E-state index contributed by atoms with van der Waals surface area (Å²) in [5, 5.41) is 22.1. The normalized spacial score (nSPS) is 22.1. The number of alkyl carbamates (subject to hydrolysis) is 1. The molecule has 8 heteroatoms. The molecular weight excluding hydrogens is 448 g/mol. The molecule has 8 nitrogen and oxygen atoms in total. The summed E-state index contributed by atoms with van der Waals surface area (Å²) >= 11 is 0. The molecule has 35 heavy (non-hydrogen) atoms. The van der Waals surface area contributed by atoms with Gasteiger partial charge in [0.2, 0.25) is 5.91 Å². The summed E-state index contributed by atoms with van der Waals surface area (Å²) in [6, 6.07) is 15.3. The van der Waals surface area contributed by atoms with Gasteiger partial charge >= 0.3 is 12.1 Å². The minimum atomic E-state index is -1.10. The molecule has 0 bridgehead atoms. The molecule has 0 spiro atoms. The van der Waals surface area contributed by atoms with Crippen molar-refractivity contribution in [2.45, 2.75) is 50.2 Å². The van der Waals surface area contributed by atoms with E-state index in [1.807, 2.05) is 24.3 Å². The Hall–Kier alpha value is -3.39. The average molecular weight is 479 g/mol. The van der Waals surface area contributed by atoms with Gasteiger partial charge in [0.15, 0.2) is 0 Å². The molecule has 2 amide bonds. The van der Waals surface area contributed by atoms with E-state index >= 15 is 0 Å². The number of β-amino-alcohol motifs (C(OH)–C–C–N with tert-alkyl or cyclic N) is 1. The lowest BCUT2D eigenvalue weighted by Crippen LogP contribution is -2.48. The molecule has 184 valence electrons. The molecule has 3 N–H and O–H groups in total. The second kappa shape index (κ2) is 9.34. The van der Waals surface area contributed by atoms with Crippen LogP contribution in [0.2, 0.25) is 0 Å². The number of aliphatic hydroxyl groups excluding tert-OH is 1. The Labute approximate surface area is 203 Å². The molecule has 3 aliphatic rings. The van der Waals surface area contributed by atoms with Crippen LogP contribution in [-0.4, -0.2) is 64.9 Å². The van der Waals surface area contributed by atoms with E-state index in [4.69, 9.17) is 4.74 Å². The maximum Gasteiger partial charge on any atom is 0.407 e. The quantitative estimate of drug-likeness (QED) is 0.563. The number of carbonyl (C=O) groups is 3. The topological polar surface area (TPSA) is 116 Å². The first-order valence-electron chi connectivity index (χ1n) is 12.2. The number of rotatable bonds is 7. The molecular formula is C27H30N2O6. The lowest BCUT2D eigenvalue weighted by atomic mass is 9.66. The van der Waals surface area contributed by atoms with Crippen molar-refractivity contribution in [2.75, 3.05) is 19.7 Å². The van der Waals surface area contributed by atoms with Crippen molar-refractivity contribution in [3.8, 4) is 11.1 Å². The molecule has 1 aliphatic heterocycles. The van der Waals surface area contributed by atoms with Crippen LogP contribution in [0.4, 0.5) is 4.79 Å². The van der Waals surface area contributed by atoms with Gasteiger partial charge in [-0.05, 0) is 40.5 Å². The van der Waals surface area contributed by atoms with Crippen molar-refractivity contribution in [2.24, 2.45) is 5.41 Å². The van der Waals surface area contributed by atoms with Crippen LogP contribution >= 0.6 is 0 Å². The van der Waals surface area contributed by atoms with Crippen molar-refractivity contribution < 1.29 is 29.3 Å². The van der Waals surface area contributed by atoms with Crippen LogP contribution in [0.5, 0.6) is 0 Å². The van der Waals surface area contributed by atoms with E-state index < -0.39 is 29.6 Å². The summed E-state index contributed by atoms with van der Waals surface area (Å²) in [7, 11) is 0. The Morgan fingerprint density at radius 2 is 1.66 bits per heavy atom. The van der Waals surface area contributed by atoms with Gasteiger partial charge < -0.3 is 25.2 Å². The molecule has 2 atom stereocenters. The maximum atomic E-state index is 12.9. The third kappa shape index (κ3) is 4.50. The molecule has 0 radical (unpaired) electrons. The molecule has 1 saturated carbocycles. The Morgan fingerprint density at radius 1 is 1.03 bits per heavy atom. The minimum absolute atomic E-state index is 0.0260. The van der Waals surface area contributed by atoms with Gasteiger partial charge in [-0.15, -0.1) is 0 Å². The summed E-state index contributed by atoms with van der Waals surface area (Å²) in [5.41, 5.74) is 4.21. The third-order valence-corrected chi connectivity index (χ3v) is 7.78. The number of aliphatic hydroxyl groups is 1. The monoisotopic (exact) mass is 478 g/mol. The van der Waals surface area contributed by atoms with Crippen LogP contribution in [0, 0.1) is 5.41 Å². The van der Waals surface area contributed by atoms with E-state index in [-0.39, 0.29) is 37.8 Å². The SMILES string of the molecule is O=C(NCC1(CC(=O)N2C[C@@H](O)C[C@H]2C(=O)O)CCC1)OCC1c2ccccc2-c2ccccc21. The number of hydrogen-bond donors (Lipinski definition) is 3. The van der Waals surface area contributed by atoms with Crippen molar-refractivity contribution in [1.82, 2.24) is 10.2 Å². The predicted octanol–water partition coefficient (Wildman–Crippen LogP) is 3.13. The summed E-state index contributed by atoms with van der Waals surface area (Å²) < 4.78 is 5.61. The summed E-state index contributed by atoms with van der Waals surface area (Å²) in [4.78, 5) is 38.2. The molecule has 1 saturated heterocycles. The summed E-state index contributed by atoms with van der Waals surface area (Å²) in [5.74, 6) is -1.42. The van der Waals surface area contributed by atoms with Gasteiger partial charge in [-0.3, -0.25) is 4.79 Å². The van der Waals surface area contributed by atoms with E-state index in [0.717, 1.165) is 41.5 Å². The highest BCUT2D eigenvalue weighted by Crippen LogP contribution is 2.45. The smallest absolute Gasteiger partial charge is 0.407 e. The first-order valence-corrected chi connectivity index (χ1v) is 12.2. The standard InChI is InChI=1S/C27H30N2O6/c30-17-12-23(25(32)33)29(14-17)24(31)13-27(10-5-11-27)16-28-26(34)35-15-22-20-8-3-1-6-18(20)19-7-2-4-9-21(19)22/h1-4,6-9,17,22-23,30H,5,10-16H2,(H,28,34)(H,32,33)/t17-,23-/m0/s1. The molecule has 0 unspecified atom stereocenters. The van der Waals surface area contributed by atoms with Gasteiger partial charge in [0.25, 0.3) is 0 Å². The highest BCUT2D eigenvalue weighted by Gasteiger charge is 2.44. The van der Waals surface area contributed by atoms with E-state index in [9.17, 15) is 24.6 Å². The molecule has 2 aromatic rings. The zero-order chi connectivity index (χ0) is 24.6. The molecule has 2 fully saturated rings. The Kier molecular flexibility index (Phi) is 6.23. The second-order valence-electron chi connectivity index (χ2n) is 10.00. The van der Waals surface area contributed by atoms with E-state index in [1.165, 1.54) is 4.90 Å². The van der Waals surface area contributed by atoms with Gasteiger partial charge in [-0.2, -0.15) is 0 Å². The van der Waals surface area contributed by atoms with Crippen LogP contribution in [-0.2, 0) is 14.3 Å². The van der Waals surface area contributed by atoms with Crippen molar-refractivity contribution >= 4 is 18.0 Å². The molecule has 2 aliphatic carbocycles. The van der Waals surface area contributed by atoms with Crippen LogP contribution in [0.25, 0.3) is 11.1 Å². The maximum absolute atomic E-state index is 12.9. The molecule has 2 aromatic carbocycles. The number of ether oxygens (including phenoxy) is 1. The fourth-order valence-corrected chi connectivity index (χ4v) is 5.75. The van der Waals surface area contributed by atoms with Crippen LogP contribution in [0.3, 0.4) is 0 Å². The largest absolute Gasteiger partial charge is 0.480 e. The van der Waals surface area contributed by atoms with Gasteiger partial charge in [-0.1, -0.05) is 55.0 Å². The van der Waals surface area contributed by atoms with Crippen molar-refractivity contribution in [3.05, 3.63) is 59.7 Å². The van der Waals surface area contributed by atoms with Crippen molar-refractivity contribution in [3.63, 3.8) is 0 Å². The highest BCUT2D eigenvalue weighted by atomic mass is 16.5. The number of amides is 2. The predicted molar refractivity (Wildman–Crippen MR) is 128 cm³/mol. The third-order valence-electron chi connectivity index (χ3n) is 7.78. The van der Waals surface area contributed by atoms with Crippen molar-refractivity contribution in [1.29, 1.82) is 0 Å². The zero-order valence-corrected chi connectivity index (χ0v) is 19.5. The van der Waals surface area contributed by atoms with E-state index in [0.29, 0.717) is 6.54 Å². The fraction of sp³-hybridized carbons (Fsp3) is 0.444. The Bertz CT molecular complexity index is 1100. The number of carbonyl (C=O) groups excluding carboxylic acids is 2. The number of hydrogen-bond acceptors (Lipinski definition) is 5. The number of carboxylic acid groups (broad SMARTS) is 1. The van der Waals surface area contributed by atoms with Gasteiger partial charge in [0.1, 0.15) is 12.6 Å². The molecule has 0 aromatic heterocycles. The van der Waals surface area contributed by atoms with Gasteiger partial charge in [-0.25, -0.2) is 9.59 Å². The number of fused-ring (bicyclic) bond motifs is 3. The number of aliphatic carboxylic acids is 1. The lowest BCUT2D eigenvalue weighted by molar-refractivity contribution is -0.149. The van der Waals surface area contributed by atoms with Gasteiger partial charge in [0, 0.05) is 31.8 Å². The highest BCUT2D eigenvalue weighted by molar-refractivity contribution is 5.85. The van der Waals surface area contributed by atoms with Gasteiger partial charge in [0.05, 0.1) is 6.10 Å². The second-order valence-corrected chi connectivity index (χ2v) is 10.00. The number of nitrogens with one attached hydrogen (secondary N) is 1. The Morgan fingerprint density at radius 3 is 2.23 bits per heavy atom. The van der Waals surface area contributed by atoms with Crippen LogP contribution < -0.4 is 5.32 Å². The minimum Gasteiger partial charge on any atom is -0.480 e.